The van der Waals surface area contributed by atoms with Crippen LogP contribution < -0.4 is 10.2 Å². The van der Waals surface area contributed by atoms with Crippen LogP contribution in [0.3, 0.4) is 0 Å². The SMILES string of the molecule is C1CCOC1.CN(CC(F)(F)F)c1ccn(Cc2ccncc2)n1.FC(F)(F)CNc1ccn(Cc2ccncc2)n1. The summed E-state index contributed by atoms with van der Waals surface area (Å²) in [5.74, 6) is 0.507. The molecule has 0 bridgehead atoms. The van der Waals surface area contributed by atoms with Crippen molar-refractivity contribution in [3.8, 4) is 0 Å². The van der Waals surface area contributed by atoms with Gasteiger partial charge in [-0.25, -0.2) is 0 Å². The second-order valence-corrected chi connectivity index (χ2v) is 9.24. The van der Waals surface area contributed by atoms with Crippen molar-refractivity contribution in [2.45, 2.75) is 38.3 Å². The van der Waals surface area contributed by atoms with Crippen LogP contribution in [0, 0.1) is 0 Å². The number of anilines is 2. The van der Waals surface area contributed by atoms with E-state index in [-0.39, 0.29) is 5.82 Å². The zero-order chi connectivity index (χ0) is 30.4. The molecule has 0 aromatic carbocycles. The van der Waals surface area contributed by atoms with E-state index in [1.165, 1.54) is 26.0 Å². The van der Waals surface area contributed by atoms with Gasteiger partial charge < -0.3 is 15.0 Å². The predicted molar refractivity (Wildman–Crippen MR) is 145 cm³/mol. The Morgan fingerprint density at radius 1 is 0.762 bits per heavy atom. The molecule has 0 saturated carbocycles. The Morgan fingerprint density at radius 2 is 1.29 bits per heavy atom. The number of halogens is 6. The third-order valence-corrected chi connectivity index (χ3v) is 5.56. The van der Waals surface area contributed by atoms with E-state index < -0.39 is 25.4 Å². The minimum Gasteiger partial charge on any atom is -0.381 e. The van der Waals surface area contributed by atoms with Gasteiger partial charge in [0.1, 0.15) is 18.9 Å². The third-order valence-electron chi connectivity index (χ3n) is 5.56. The molecule has 1 aliphatic rings. The number of ether oxygens (including phenoxy) is 1. The lowest BCUT2D eigenvalue weighted by atomic mass is 10.3. The van der Waals surface area contributed by atoms with E-state index in [1.807, 2.05) is 24.3 Å². The standard InChI is InChI=1S/C12H13F3N4.C11H11F3N4.C4H8O/c1-18(9-12(13,14)15)11-4-7-19(17-11)8-10-2-5-16-6-3-10;12-11(13,14)8-16-10-3-6-18(17-10)7-9-1-4-15-5-2-9;1-2-4-5-3-1/h2-7H,8-9H2,1H3;1-6H,7-8H2,(H,16,17);1-4H2. The predicted octanol–water partition coefficient (Wildman–Crippen LogP) is 5.42. The van der Waals surface area contributed by atoms with Crippen molar-refractivity contribution in [2.24, 2.45) is 0 Å². The maximum Gasteiger partial charge on any atom is 0.405 e. The first kappa shape index (κ1) is 32.4. The van der Waals surface area contributed by atoms with Crippen molar-refractivity contribution in [3.63, 3.8) is 0 Å². The highest BCUT2D eigenvalue weighted by atomic mass is 19.4. The van der Waals surface area contributed by atoms with Crippen LogP contribution in [0.5, 0.6) is 0 Å². The number of aromatic nitrogens is 6. The molecule has 5 heterocycles. The fourth-order valence-electron chi connectivity index (χ4n) is 3.59. The van der Waals surface area contributed by atoms with Gasteiger partial charge in [-0.15, -0.1) is 0 Å². The van der Waals surface area contributed by atoms with Crippen molar-refractivity contribution in [2.75, 3.05) is 43.6 Å². The third kappa shape index (κ3) is 13.0. The monoisotopic (exact) mass is 598 g/mol. The Balaban J connectivity index is 0.000000198. The summed E-state index contributed by atoms with van der Waals surface area (Å²) >= 11 is 0. The zero-order valence-electron chi connectivity index (χ0n) is 22.9. The van der Waals surface area contributed by atoms with Gasteiger partial charge in [0.15, 0.2) is 5.82 Å². The molecule has 0 atom stereocenters. The minimum absolute atomic E-state index is 0.210. The molecule has 1 fully saturated rings. The van der Waals surface area contributed by atoms with Crippen LogP contribution in [-0.2, 0) is 17.8 Å². The quantitative estimate of drug-likeness (QED) is 0.271. The van der Waals surface area contributed by atoms with Crippen LogP contribution in [-0.4, -0.2) is 75.2 Å². The van der Waals surface area contributed by atoms with Gasteiger partial charge in [-0.3, -0.25) is 19.3 Å². The molecule has 0 spiro atoms. The van der Waals surface area contributed by atoms with Crippen LogP contribution in [0.1, 0.15) is 24.0 Å². The molecule has 1 saturated heterocycles. The largest absolute Gasteiger partial charge is 0.405 e. The molecule has 15 heteroatoms. The highest BCUT2D eigenvalue weighted by Gasteiger charge is 2.30. The maximum absolute atomic E-state index is 12.3. The summed E-state index contributed by atoms with van der Waals surface area (Å²) in [6.45, 7) is 0.900. The van der Waals surface area contributed by atoms with E-state index >= 15 is 0 Å². The van der Waals surface area contributed by atoms with Crippen LogP contribution in [0.2, 0.25) is 0 Å². The van der Waals surface area contributed by atoms with Gasteiger partial charge in [0, 0.05) is 69.6 Å². The van der Waals surface area contributed by atoms with Gasteiger partial charge in [-0.05, 0) is 48.2 Å². The van der Waals surface area contributed by atoms with E-state index in [2.05, 4.69) is 25.5 Å². The fourth-order valence-corrected chi connectivity index (χ4v) is 3.59. The van der Waals surface area contributed by atoms with Crippen LogP contribution in [0.4, 0.5) is 38.0 Å². The van der Waals surface area contributed by atoms with E-state index in [1.54, 1.807) is 52.6 Å². The Hall–Kier alpha value is -4.14. The molecule has 5 rings (SSSR count). The maximum atomic E-state index is 12.3. The molecule has 0 amide bonds. The molecule has 0 radical (unpaired) electrons. The van der Waals surface area contributed by atoms with Gasteiger partial charge >= 0.3 is 12.4 Å². The molecule has 1 aliphatic heterocycles. The van der Waals surface area contributed by atoms with Gasteiger partial charge in [-0.1, -0.05) is 0 Å². The second-order valence-electron chi connectivity index (χ2n) is 9.24. The van der Waals surface area contributed by atoms with Crippen molar-refractivity contribution in [3.05, 3.63) is 84.7 Å². The first-order chi connectivity index (χ1) is 20.0. The lowest BCUT2D eigenvalue weighted by Gasteiger charge is -2.17. The number of hydrogen-bond donors (Lipinski definition) is 1. The number of nitrogens with zero attached hydrogens (tertiary/aromatic N) is 7. The fraction of sp³-hybridized carbons (Fsp3) is 0.407. The first-order valence-corrected chi connectivity index (χ1v) is 13.0. The summed E-state index contributed by atoms with van der Waals surface area (Å²) in [6.07, 6.45) is 3.99. The van der Waals surface area contributed by atoms with Crippen molar-refractivity contribution >= 4 is 11.6 Å². The molecular formula is C27H32F6N8O. The number of nitrogens with one attached hydrogen (secondary N) is 1. The number of hydrogen-bond acceptors (Lipinski definition) is 7. The molecular weight excluding hydrogens is 566 g/mol. The lowest BCUT2D eigenvalue weighted by Crippen LogP contribution is -2.31. The van der Waals surface area contributed by atoms with Crippen LogP contribution in [0.25, 0.3) is 0 Å². The highest BCUT2D eigenvalue weighted by molar-refractivity contribution is 5.36. The van der Waals surface area contributed by atoms with Gasteiger partial charge in [0.05, 0.1) is 13.1 Å². The van der Waals surface area contributed by atoms with E-state index in [0.29, 0.717) is 18.9 Å². The van der Waals surface area contributed by atoms with Crippen molar-refractivity contribution in [1.82, 2.24) is 29.5 Å². The van der Waals surface area contributed by atoms with E-state index in [4.69, 9.17) is 4.74 Å². The summed E-state index contributed by atoms with van der Waals surface area (Å²) in [4.78, 5) is 8.85. The zero-order valence-corrected chi connectivity index (χ0v) is 22.9. The van der Waals surface area contributed by atoms with Crippen LogP contribution in [0.15, 0.2) is 73.6 Å². The summed E-state index contributed by atoms with van der Waals surface area (Å²) in [7, 11) is 1.37. The molecule has 4 aromatic rings. The number of alkyl halides is 6. The molecule has 9 nitrogen and oxygen atoms in total. The lowest BCUT2D eigenvalue weighted by molar-refractivity contribution is -0.119. The van der Waals surface area contributed by atoms with E-state index in [0.717, 1.165) is 29.2 Å². The number of rotatable bonds is 8. The second kappa shape index (κ2) is 15.7. The Labute approximate surface area is 239 Å². The summed E-state index contributed by atoms with van der Waals surface area (Å²) < 4.78 is 80.9. The van der Waals surface area contributed by atoms with Gasteiger partial charge in [0.25, 0.3) is 0 Å². The first-order valence-electron chi connectivity index (χ1n) is 13.0. The molecule has 0 unspecified atom stereocenters. The average molecular weight is 599 g/mol. The topological polar surface area (TPSA) is 85.9 Å². The Bertz CT molecular complexity index is 1280. The van der Waals surface area contributed by atoms with Crippen molar-refractivity contribution in [1.29, 1.82) is 0 Å². The molecule has 42 heavy (non-hydrogen) atoms. The van der Waals surface area contributed by atoms with Crippen molar-refractivity contribution < 1.29 is 31.1 Å². The van der Waals surface area contributed by atoms with Gasteiger partial charge in [0.2, 0.25) is 0 Å². The Morgan fingerprint density at radius 3 is 1.76 bits per heavy atom. The molecule has 228 valence electrons. The average Bonchev–Trinajstić information content (AvgIpc) is 3.72. The summed E-state index contributed by atoms with van der Waals surface area (Å²) in [5, 5.41) is 10.3. The molecule has 0 aliphatic carbocycles. The number of pyridine rings is 2. The molecule has 1 N–H and O–H groups in total. The van der Waals surface area contributed by atoms with E-state index in [9.17, 15) is 26.3 Å². The molecule has 4 aromatic heterocycles. The van der Waals surface area contributed by atoms with Crippen LogP contribution >= 0.6 is 0 Å². The minimum atomic E-state index is -4.24. The summed E-state index contributed by atoms with van der Waals surface area (Å²) in [6, 6.07) is 10.4. The normalized spacial score (nSPS) is 13.0. The summed E-state index contributed by atoms with van der Waals surface area (Å²) in [5.41, 5.74) is 1.97. The Kier molecular flexibility index (Phi) is 12.1. The smallest absolute Gasteiger partial charge is 0.381 e. The highest BCUT2D eigenvalue weighted by Crippen LogP contribution is 2.19. The van der Waals surface area contributed by atoms with Gasteiger partial charge in [-0.2, -0.15) is 36.5 Å².